The topological polar surface area (TPSA) is 62.2 Å². The third-order valence-corrected chi connectivity index (χ3v) is 4.47. The summed E-state index contributed by atoms with van der Waals surface area (Å²) in [6.07, 6.45) is 9.10. The number of aromatic nitrogens is 1. The first-order chi connectivity index (χ1) is 12.0. The summed E-state index contributed by atoms with van der Waals surface area (Å²) < 4.78 is 13.3. The highest BCUT2D eigenvalue weighted by Crippen LogP contribution is 2.25. The zero-order chi connectivity index (χ0) is 17.8. The fourth-order valence-corrected chi connectivity index (χ4v) is 3.11. The molecule has 0 unspecified atom stereocenters. The molecule has 1 heterocycles. The number of halogens is 1. The van der Waals surface area contributed by atoms with E-state index >= 15 is 0 Å². The second-order valence-corrected chi connectivity index (χ2v) is 6.65. The molecule has 0 saturated carbocycles. The maximum atomic E-state index is 13.3. The number of aromatic hydroxyl groups is 1. The van der Waals surface area contributed by atoms with E-state index in [9.17, 15) is 14.3 Å². The van der Waals surface area contributed by atoms with Gasteiger partial charge in [0.15, 0.2) is 16.7 Å². The number of thiazole rings is 1. The number of benzene rings is 1. The van der Waals surface area contributed by atoms with E-state index in [2.05, 4.69) is 29.4 Å². The Labute approximate surface area is 149 Å². The van der Waals surface area contributed by atoms with Crippen LogP contribution in [0.5, 0.6) is 5.75 Å². The van der Waals surface area contributed by atoms with Crippen LogP contribution in [-0.4, -0.2) is 16.0 Å². The van der Waals surface area contributed by atoms with E-state index in [1.165, 1.54) is 29.0 Å². The van der Waals surface area contributed by atoms with Crippen molar-refractivity contribution in [1.29, 1.82) is 0 Å². The predicted octanol–water partition coefficient (Wildman–Crippen LogP) is 4.46. The normalized spacial score (nSPS) is 13.8. The first kappa shape index (κ1) is 17.1. The minimum Gasteiger partial charge on any atom is -0.505 e. The number of phenols is 1. The molecule has 0 aliphatic heterocycles. The van der Waals surface area contributed by atoms with Crippen LogP contribution in [0, 0.1) is 5.82 Å². The zero-order valence-electron chi connectivity index (χ0n) is 13.6. The van der Waals surface area contributed by atoms with Gasteiger partial charge in [-0.3, -0.25) is 4.79 Å². The van der Waals surface area contributed by atoms with E-state index in [4.69, 9.17) is 0 Å². The lowest BCUT2D eigenvalue weighted by Gasteiger charge is -2.03. The number of amides is 1. The van der Waals surface area contributed by atoms with E-state index in [1.807, 2.05) is 17.5 Å². The molecule has 0 atom stereocenters. The lowest BCUT2D eigenvalue weighted by Crippen LogP contribution is -2.14. The van der Waals surface area contributed by atoms with Crippen LogP contribution in [0.1, 0.15) is 24.6 Å². The summed E-state index contributed by atoms with van der Waals surface area (Å²) in [5.74, 6) is -1.45. The van der Waals surface area contributed by atoms with Gasteiger partial charge in [0.1, 0.15) is 0 Å². The molecule has 1 aliphatic rings. The van der Waals surface area contributed by atoms with E-state index in [-0.39, 0.29) is 12.3 Å². The number of nitrogens with one attached hydrogen (secondary N) is 1. The molecule has 1 aromatic carbocycles. The van der Waals surface area contributed by atoms with Gasteiger partial charge in [0.25, 0.3) is 0 Å². The molecule has 2 aromatic rings. The molecule has 0 saturated heterocycles. The van der Waals surface area contributed by atoms with Crippen LogP contribution in [0.2, 0.25) is 0 Å². The number of carbonyl (C=O) groups is 1. The summed E-state index contributed by atoms with van der Waals surface area (Å²) in [5.41, 5.74) is 3.56. The van der Waals surface area contributed by atoms with Crippen LogP contribution in [0.4, 0.5) is 9.52 Å². The molecule has 0 fully saturated rings. The Morgan fingerprint density at radius 1 is 1.40 bits per heavy atom. The van der Waals surface area contributed by atoms with Gasteiger partial charge >= 0.3 is 0 Å². The Morgan fingerprint density at radius 2 is 2.24 bits per heavy atom. The third kappa shape index (κ3) is 4.42. The Kier molecular flexibility index (Phi) is 5.09. The molecule has 1 aliphatic carbocycles. The Bertz CT molecular complexity index is 897. The number of nitrogens with zero attached hydrogens (tertiary/aromatic N) is 1. The predicted molar refractivity (Wildman–Crippen MR) is 98.0 cm³/mol. The Hall–Kier alpha value is -2.73. The molecule has 3 rings (SSSR count). The highest BCUT2D eigenvalue weighted by atomic mass is 32.1. The molecule has 4 nitrogen and oxygen atoms in total. The fourth-order valence-electron chi connectivity index (χ4n) is 2.37. The van der Waals surface area contributed by atoms with Crippen molar-refractivity contribution in [3.8, 4) is 5.75 Å². The Balaban J connectivity index is 1.66. The highest BCUT2D eigenvalue weighted by molar-refractivity contribution is 7.14. The van der Waals surface area contributed by atoms with Crippen molar-refractivity contribution in [3.05, 3.63) is 70.5 Å². The third-order valence-electron chi connectivity index (χ3n) is 3.71. The number of carbonyl (C=O) groups excluding carboxylic acids is 1. The van der Waals surface area contributed by atoms with Crippen LogP contribution in [0.25, 0.3) is 5.57 Å². The molecule has 1 aromatic heterocycles. The van der Waals surface area contributed by atoms with Gasteiger partial charge < -0.3 is 10.4 Å². The van der Waals surface area contributed by atoms with Crippen molar-refractivity contribution >= 4 is 27.9 Å². The summed E-state index contributed by atoms with van der Waals surface area (Å²) >= 11 is 1.34. The van der Waals surface area contributed by atoms with Gasteiger partial charge in [-0.1, -0.05) is 35.9 Å². The average Bonchev–Trinajstić information content (AvgIpc) is 2.91. The maximum Gasteiger partial charge on any atom is 0.230 e. The molecular formula is C19H17FN2O2S. The summed E-state index contributed by atoms with van der Waals surface area (Å²) in [5, 5.41) is 14.3. The lowest BCUT2D eigenvalue weighted by molar-refractivity contribution is -0.115. The fraction of sp³-hybridized carbons (Fsp3) is 0.158. The van der Waals surface area contributed by atoms with Gasteiger partial charge in [-0.25, -0.2) is 9.37 Å². The molecular weight excluding hydrogens is 339 g/mol. The highest BCUT2D eigenvalue weighted by Gasteiger charge is 2.11. The molecule has 6 heteroatoms. The summed E-state index contributed by atoms with van der Waals surface area (Å²) in [4.78, 5) is 16.5. The minimum absolute atomic E-state index is 0.0106. The van der Waals surface area contributed by atoms with Gasteiger partial charge in [0, 0.05) is 11.0 Å². The number of anilines is 1. The lowest BCUT2D eigenvalue weighted by atomic mass is 10.1. The number of phenolic OH excluding ortho intramolecular Hbond substituents is 1. The van der Waals surface area contributed by atoms with Crippen molar-refractivity contribution in [2.24, 2.45) is 0 Å². The van der Waals surface area contributed by atoms with Crippen LogP contribution < -0.4 is 5.32 Å². The first-order valence-corrected chi connectivity index (χ1v) is 8.66. The molecule has 25 heavy (non-hydrogen) atoms. The molecule has 128 valence electrons. The van der Waals surface area contributed by atoms with Crippen molar-refractivity contribution in [1.82, 2.24) is 4.98 Å². The van der Waals surface area contributed by atoms with Crippen molar-refractivity contribution < 1.29 is 14.3 Å². The quantitative estimate of drug-likeness (QED) is 0.850. The van der Waals surface area contributed by atoms with Crippen molar-refractivity contribution in [2.75, 3.05) is 5.32 Å². The zero-order valence-corrected chi connectivity index (χ0v) is 14.4. The summed E-state index contributed by atoms with van der Waals surface area (Å²) in [6.45, 7) is 2.07. The van der Waals surface area contributed by atoms with Gasteiger partial charge in [-0.2, -0.15) is 0 Å². The smallest absolute Gasteiger partial charge is 0.230 e. The van der Waals surface area contributed by atoms with Gasteiger partial charge in [0.05, 0.1) is 12.1 Å². The standard InChI is InChI=1S/C19H17FN2O2S/c1-12-3-2-4-14(7-5-12)16-11-25-19(21-16)22-18(24)10-13-6-8-17(23)15(20)9-13/h2,4-9,11,23H,3,10H2,1H3,(H,21,22,24). The largest absolute Gasteiger partial charge is 0.505 e. The summed E-state index contributed by atoms with van der Waals surface area (Å²) in [6, 6.07) is 3.90. The van der Waals surface area contributed by atoms with Crippen LogP contribution in [-0.2, 0) is 11.2 Å². The monoisotopic (exact) mass is 356 g/mol. The van der Waals surface area contributed by atoms with Crippen LogP contribution in [0.15, 0.2) is 53.5 Å². The molecule has 0 radical (unpaired) electrons. The molecule has 2 N–H and O–H groups in total. The average molecular weight is 356 g/mol. The Morgan fingerprint density at radius 3 is 3.04 bits per heavy atom. The van der Waals surface area contributed by atoms with Gasteiger partial charge in [-0.05, 0) is 31.0 Å². The van der Waals surface area contributed by atoms with Crippen LogP contribution in [0.3, 0.4) is 0 Å². The van der Waals surface area contributed by atoms with E-state index in [0.29, 0.717) is 10.7 Å². The number of hydrogen-bond donors (Lipinski definition) is 2. The second kappa shape index (κ2) is 7.44. The van der Waals surface area contributed by atoms with Crippen molar-refractivity contribution in [2.45, 2.75) is 19.8 Å². The van der Waals surface area contributed by atoms with Gasteiger partial charge in [0.2, 0.25) is 5.91 Å². The van der Waals surface area contributed by atoms with Crippen LogP contribution >= 0.6 is 11.3 Å². The SMILES string of the molecule is CC1=CC=C(c2csc(NC(=O)Cc3ccc(O)c(F)c3)n2)C=CC1. The second-order valence-electron chi connectivity index (χ2n) is 5.79. The molecule has 0 bridgehead atoms. The number of allylic oxidation sites excluding steroid dienone is 6. The van der Waals surface area contributed by atoms with E-state index in [0.717, 1.165) is 23.8 Å². The van der Waals surface area contributed by atoms with E-state index < -0.39 is 11.6 Å². The van der Waals surface area contributed by atoms with Crippen molar-refractivity contribution in [3.63, 3.8) is 0 Å². The maximum absolute atomic E-state index is 13.3. The summed E-state index contributed by atoms with van der Waals surface area (Å²) in [7, 11) is 0. The number of rotatable bonds is 4. The molecule has 0 spiro atoms. The van der Waals surface area contributed by atoms with Gasteiger partial charge in [-0.15, -0.1) is 11.3 Å². The molecule has 1 amide bonds. The number of hydrogen-bond acceptors (Lipinski definition) is 4. The van der Waals surface area contributed by atoms with E-state index in [1.54, 1.807) is 0 Å². The minimum atomic E-state index is -0.739. The first-order valence-electron chi connectivity index (χ1n) is 7.78.